The van der Waals surface area contributed by atoms with Crippen molar-refractivity contribution in [1.29, 1.82) is 0 Å². The fourth-order valence-corrected chi connectivity index (χ4v) is 2.17. The lowest BCUT2D eigenvalue weighted by molar-refractivity contribution is 0.0473. The molecule has 2 unspecified atom stereocenters. The zero-order valence-electron chi connectivity index (χ0n) is 11.0. The number of methoxy groups -OCH3 is 1. The highest BCUT2D eigenvalue weighted by molar-refractivity contribution is 4.90. The average molecular weight is 213 g/mol. The Labute approximate surface area is 94.8 Å². The fourth-order valence-electron chi connectivity index (χ4n) is 2.17. The van der Waals surface area contributed by atoms with Gasteiger partial charge in [0, 0.05) is 13.2 Å². The van der Waals surface area contributed by atoms with Crippen molar-refractivity contribution in [1.82, 2.24) is 5.32 Å². The smallest absolute Gasteiger partial charge is 0.0752 e. The molecular weight excluding hydrogens is 186 g/mol. The van der Waals surface area contributed by atoms with Gasteiger partial charge in [-0.15, -0.1) is 0 Å². The second kappa shape index (κ2) is 5.31. The zero-order valence-corrected chi connectivity index (χ0v) is 11.0. The minimum Gasteiger partial charge on any atom is -0.380 e. The quantitative estimate of drug-likeness (QED) is 0.732. The molecule has 0 bridgehead atoms. The van der Waals surface area contributed by atoms with E-state index in [1.54, 1.807) is 0 Å². The molecule has 1 rings (SSSR count). The lowest BCUT2D eigenvalue weighted by Crippen LogP contribution is -2.40. The highest BCUT2D eigenvalue weighted by Gasteiger charge is 2.36. The lowest BCUT2D eigenvalue weighted by Gasteiger charge is -2.28. The molecule has 2 heteroatoms. The maximum Gasteiger partial charge on any atom is 0.0752 e. The predicted octanol–water partition coefficient (Wildman–Crippen LogP) is 2.83. The summed E-state index contributed by atoms with van der Waals surface area (Å²) in [6.07, 6.45) is 5.61. The van der Waals surface area contributed by atoms with Crippen molar-refractivity contribution in [3.8, 4) is 0 Å². The van der Waals surface area contributed by atoms with Crippen molar-refractivity contribution in [3.05, 3.63) is 0 Å². The molecule has 1 saturated carbocycles. The van der Waals surface area contributed by atoms with Crippen LogP contribution in [0.5, 0.6) is 0 Å². The molecule has 0 aromatic heterocycles. The minimum absolute atomic E-state index is 0.428. The van der Waals surface area contributed by atoms with Gasteiger partial charge in [0.1, 0.15) is 0 Å². The van der Waals surface area contributed by atoms with Gasteiger partial charge in [-0.05, 0) is 44.1 Å². The second-order valence-corrected chi connectivity index (χ2v) is 6.03. The van der Waals surface area contributed by atoms with Crippen LogP contribution in [0.1, 0.15) is 46.5 Å². The zero-order chi connectivity index (χ0) is 11.5. The Kier molecular flexibility index (Phi) is 4.60. The summed E-state index contributed by atoms with van der Waals surface area (Å²) >= 11 is 0. The SMILES string of the molecule is CNC(CCC(C)(C)C)C(OC)C1CC1. The van der Waals surface area contributed by atoms with Crippen LogP contribution in [0.15, 0.2) is 0 Å². The number of hydrogen-bond donors (Lipinski definition) is 1. The van der Waals surface area contributed by atoms with Crippen molar-refractivity contribution in [2.75, 3.05) is 14.2 Å². The normalized spacial score (nSPS) is 21.4. The summed E-state index contributed by atoms with van der Waals surface area (Å²) in [5, 5.41) is 3.42. The molecule has 1 N–H and O–H groups in total. The van der Waals surface area contributed by atoms with E-state index in [1.165, 1.54) is 25.7 Å². The van der Waals surface area contributed by atoms with Crippen LogP contribution in [-0.4, -0.2) is 26.3 Å². The van der Waals surface area contributed by atoms with Crippen LogP contribution in [0, 0.1) is 11.3 Å². The van der Waals surface area contributed by atoms with E-state index in [1.807, 2.05) is 7.11 Å². The van der Waals surface area contributed by atoms with Gasteiger partial charge >= 0.3 is 0 Å². The monoisotopic (exact) mass is 213 g/mol. The third kappa shape index (κ3) is 4.52. The molecule has 2 atom stereocenters. The van der Waals surface area contributed by atoms with E-state index in [0.29, 0.717) is 17.6 Å². The van der Waals surface area contributed by atoms with Crippen LogP contribution in [0.3, 0.4) is 0 Å². The van der Waals surface area contributed by atoms with Crippen LogP contribution >= 0.6 is 0 Å². The molecule has 0 spiro atoms. The number of hydrogen-bond acceptors (Lipinski definition) is 2. The van der Waals surface area contributed by atoms with E-state index < -0.39 is 0 Å². The summed E-state index contributed by atoms with van der Waals surface area (Å²) in [6.45, 7) is 6.91. The van der Waals surface area contributed by atoms with E-state index >= 15 is 0 Å². The van der Waals surface area contributed by atoms with E-state index in [9.17, 15) is 0 Å². The third-order valence-electron chi connectivity index (χ3n) is 3.33. The van der Waals surface area contributed by atoms with E-state index in [4.69, 9.17) is 4.74 Å². The minimum atomic E-state index is 0.428. The summed E-state index contributed by atoms with van der Waals surface area (Å²) < 4.78 is 5.63. The van der Waals surface area contributed by atoms with Crippen molar-refractivity contribution in [2.24, 2.45) is 11.3 Å². The Morgan fingerprint density at radius 3 is 2.27 bits per heavy atom. The van der Waals surface area contributed by atoms with E-state index in [2.05, 4.69) is 33.1 Å². The summed E-state index contributed by atoms with van der Waals surface area (Å²) in [4.78, 5) is 0. The average Bonchev–Trinajstić information content (AvgIpc) is 2.94. The van der Waals surface area contributed by atoms with Crippen molar-refractivity contribution in [3.63, 3.8) is 0 Å². The molecule has 2 nitrogen and oxygen atoms in total. The second-order valence-electron chi connectivity index (χ2n) is 6.03. The molecule has 1 aliphatic rings. The first kappa shape index (κ1) is 13.0. The summed E-state index contributed by atoms with van der Waals surface area (Å²) in [6, 6.07) is 0.529. The Morgan fingerprint density at radius 1 is 1.33 bits per heavy atom. The highest BCUT2D eigenvalue weighted by atomic mass is 16.5. The van der Waals surface area contributed by atoms with Crippen molar-refractivity contribution < 1.29 is 4.74 Å². The standard InChI is InChI=1S/C13H27NO/c1-13(2,3)9-8-11(14-4)12(15-5)10-6-7-10/h10-12,14H,6-9H2,1-5H3. The van der Waals surface area contributed by atoms with Crippen LogP contribution < -0.4 is 5.32 Å². The molecule has 0 aliphatic heterocycles. The van der Waals surface area contributed by atoms with Crippen LogP contribution in [0.2, 0.25) is 0 Å². The molecule has 0 amide bonds. The summed E-state index contributed by atoms with van der Waals surface area (Å²) in [5.41, 5.74) is 0.428. The molecular formula is C13H27NO. The molecule has 0 saturated heterocycles. The fraction of sp³-hybridized carbons (Fsp3) is 1.00. The number of nitrogens with one attached hydrogen (secondary N) is 1. The molecule has 0 aromatic rings. The molecule has 1 fully saturated rings. The predicted molar refractivity (Wildman–Crippen MR) is 65.1 cm³/mol. The topological polar surface area (TPSA) is 21.3 Å². The number of ether oxygens (including phenoxy) is 1. The molecule has 0 radical (unpaired) electrons. The molecule has 90 valence electrons. The van der Waals surface area contributed by atoms with Gasteiger partial charge in [-0.1, -0.05) is 20.8 Å². The molecule has 1 aliphatic carbocycles. The Hall–Kier alpha value is -0.0800. The van der Waals surface area contributed by atoms with Gasteiger partial charge in [-0.25, -0.2) is 0 Å². The van der Waals surface area contributed by atoms with Gasteiger partial charge in [0.15, 0.2) is 0 Å². The van der Waals surface area contributed by atoms with Crippen LogP contribution in [0.25, 0.3) is 0 Å². The van der Waals surface area contributed by atoms with Gasteiger partial charge in [0.05, 0.1) is 6.10 Å². The summed E-state index contributed by atoms with van der Waals surface area (Å²) in [5.74, 6) is 0.812. The van der Waals surface area contributed by atoms with Gasteiger partial charge in [0.2, 0.25) is 0 Å². The maximum atomic E-state index is 5.63. The molecule has 0 heterocycles. The first-order valence-corrected chi connectivity index (χ1v) is 6.18. The van der Waals surface area contributed by atoms with Crippen LogP contribution in [0.4, 0.5) is 0 Å². The first-order valence-electron chi connectivity index (χ1n) is 6.18. The largest absolute Gasteiger partial charge is 0.380 e. The molecule has 15 heavy (non-hydrogen) atoms. The van der Waals surface area contributed by atoms with Crippen LogP contribution in [-0.2, 0) is 4.74 Å². The van der Waals surface area contributed by atoms with Crippen molar-refractivity contribution in [2.45, 2.75) is 58.6 Å². The van der Waals surface area contributed by atoms with E-state index in [0.717, 1.165) is 5.92 Å². The Bertz CT molecular complexity index is 181. The van der Waals surface area contributed by atoms with E-state index in [-0.39, 0.29) is 0 Å². The van der Waals surface area contributed by atoms with Gasteiger partial charge in [-0.2, -0.15) is 0 Å². The Balaban J connectivity index is 2.39. The summed E-state index contributed by atoms with van der Waals surface area (Å²) in [7, 11) is 3.91. The number of rotatable bonds is 6. The maximum absolute atomic E-state index is 5.63. The molecule has 0 aromatic carbocycles. The van der Waals surface area contributed by atoms with Gasteiger partial charge < -0.3 is 10.1 Å². The third-order valence-corrected chi connectivity index (χ3v) is 3.33. The van der Waals surface area contributed by atoms with Gasteiger partial charge in [-0.3, -0.25) is 0 Å². The first-order chi connectivity index (χ1) is 6.98. The highest BCUT2D eigenvalue weighted by Crippen LogP contribution is 2.37. The van der Waals surface area contributed by atoms with Gasteiger partial charge in [0.25, 0.3) is 0 Å². The van der Waals surface area contributed by atoms with Crippen molar-refractivity contribution >= 4 is 0 Å². The lowest BCUT2D eigenvalue weighted by atomic mass is 9.87. The number of likely N-dealkylation sites (N-methyl/N-ethyl adjacent to an activating group) is 1. The Morgan fingerprint density at radius 2 is 1.93 bits per heavy atom.